The van der Waals surface area contributed by atoms with E-state index in [0.717, 1.165) is 27.3 Å². The van der Waals surface area contributed by atoms with E-state index in [4.69, 9.17) is 23.2 Å². The molecule has 0 saturated carbocycles. The summed E-state index contributed by atoms with van der Waals surface area (Å²) in [5.41, 5.74) is 3.92. The molecule has 19 heavy (non-hydrogen) atoms. The van der Waals surface area contributed by atoms with Gasteiger partial charge in [-0.15, -0.1) is 0 Å². The fourth-order valence-electron chi connectivity index (χ4n) is 2.16. The number of benzene rings is 2. The van der Waals surface area contributed by atoms with Gasteiger partial charge in [-0.25, -0.2) is 0 Å². The highest BCUT2D eigenvalue weighted by atomic mass is 35.5. The molecule has 0 aliphatic rings. The van der Waals surface area contributed by atoms with Crippen LogP contribution in [0.3, 0.4) is 0 Å². The molecule has 0 fully saturated rings. The summed E-state index contributed by atoms with van der Waals surface area (Å²) in [6.07, 6.45) is -0.00270. The third-order valence-corrected chi connectivity index (χ3v) is 3.87. The molecule has 2 rings (SSSR count). The molecule has 0 aliphatic heterocycles. The largest absolute Gasteiger partial charge is 0.388 e. The number of rotatable bonds is 3. The van der Waals surface area contributed by atoms with Gasteiger partial charge in [-0.05, 0) is 54.3 Å². The highest BCUT2D eigenvalue weighted by molar-refractivity contribution is 6.31. The van der Waals surface area contributed by atoms with Gasteiger partial charge in [0.1, 0.15) is 0 Å². The van der Waals surface area contributed by atoms with Crippen molar-refractivity contribution in [2.24, 2.45) is 0 Å². The van der Waals surface area contributed by atoms with Crippen molar-refractivity contribution in [1.82, 2.24) is 0 Å². The summed E-state index contributed by atoms with van der Waals surface area (Å²) in [7, 11) is 0. The summed E-state index contributed by atoms with van der Waals surface area (Å²) in [4.78, 5) is 0. The van der Waals surface area contributed by atoms with Crippen molar-refractivity contribution in [3.63, 3.8) is 0 Å². The monoisotopic (exact) mass is 294 g/mol. The highest BCUT2D eigenvalue weighted by Crippen LogP contribution is 2.27. The molecule has 0 aliphatic carbocycles. The van der Waals surface area contributed by atoms with Crippen LogP contribution in [0, 0.1) is 13.8 Å². The highest BCUT2D eigenvalue weighted by Gasteiger charge is 2.13. The number of halogens is 2. The quantitative estimate of drug-likeness (QED) is 0.855. The summed E-state index contributed by atoms with van der Waals surface area (Å²) in [5, 5.41) is 11.8. The van der Waals surface area contributed by atoms with E-state index in [2.05, 4.69) is 0 Å². The summed E-state index contributed by atoms with van der Waals surface area (Å²) in [5.74, 6) is 0. The Hall–Kier alpha value is -1.02. The minimum atomic E-state index is -0.547. The van der Waals surface area contributed by atoms with Crippen molar-refractivity contribution in [3.05, 3.63) is 68.7 Å². The molecule has 0 heterocycles. The molecule has 100 valence electrons. The SMILES string of the molecule is Cc1cc(C(O)Cc2cccc(Cl)c2)c(C)cc1Cl. The lowest BCUT2D eigenvalue weighted by Gasteiger charge is -2.15. The maximum Gasteiger partial charge on any atom is 0.0833 e. The summed E-state index contributed by atoms with van der Waals surface area (Å²) >= 11 is 12.0. The zero-order chi connectivity index (χ0) is 14.0. The molecular weight excluding hydrogens is 279 g/mol. The molecule has 1 atom stereocenters. The van der Waals surface area contributed by atoms with Gasteiger partial charge in [-0.2, -0.15) is 0 Å². The Labute approximate surface area is 123 Å². The Bertz CT molecular complexity index is 593. The lowest BCUT2D eigenvalue weighted by molar-refractivity contribution is 0.177. The molecule has 1 nitrogen and oxygen atoms in total. The van der Waals surface area contributed by atoms with Crippen LogP contribution in [0.25, 0.3) is 0 Å². The van der Waals surface area contributed by atoms with Gasteiger partial charge in [-0.1, -0.05) is 41.4 Å². The van der Waals surface area contributed by atoms with E-state index >= 15 is 0 Å². The Morgan fingerprint density at radius 3 is 2.47 bits per heavy atom. The fourth-order valence-corrected chi connectivity index (χ4v) is 2.59. The Balaban J connectivity index is 2.25. The second-order valence-electron chi connectivity index (χ2n) is 4.81. The van der Waals surface area contributed by atoms with E-state index in [-0.39, 0.29) is 0 Å². The van der Waals surface area contributed by atoms with E-state index in [1.54, 1.807) is 0 Å². The van der Waals surface area contributed by atoms with Crippen molar-refractivity contribution in [3.8, 4) is 0 Å². The summed E-state index contributed by atoms with van der Waals surface area (Å²) in [6.45, 7) is 3.90. The van der Waals surface area contributed by atoms with Crippen molar-refractivity contribution in [2.45, 2.75) is 26.4 Å². The number of aryl methyl sites for hydroxylation is 2. The minimum Gasteiger partial charge on any atom is -0.388 e. The first kappa shape index (κ1) is 14.4. The third-order valence-electron chi connectivity index (χ3n) is 3.22. The molecule has 0 aromatic heterocycles. The van der Waals surface area contributed by atoms with Crippen LogP contribution in [-0.4, -0.2) is 5.11 Å². The van der Waals surface area contributed by atoms with Crippen LogP contribution in [-0.2, 0) is 6.42 Å². The van der Waals surface area contributed by atoms with Crippen LogP contribution < -0.4 is 0 Å². The zero-order valence-electron chi connectivity index (χ0n) is 11.0. The second-order valence-corrected chi connectivity index (χ2v) is 5.65. The van der Waals surface area contributed by atoms with Gasteiger partial charge in [0.2, 0.25) is 0 Å². The normalized spacial score (nSPS) is 12.5. The van der Waals surface area contributed by atoms with Gasteiger partial charge in [0, 0.05) is 16.5 Å². The third kappa shape index (κ3) is 3.50. The van der Waals surface area contributed by atoms with E-state index < -0.39 is 6.10 Å². The van der Waals surface area contributed by atoms with Crippen LogP contribution in [0.15, 0.2) is 36.4 Å². The number of aliphatic hydroxyl groups excluding tert-OH is 1. The molecule has 0 amide bonds. The molecular formula is C16H16Cl2O. The lowest BCUT2D eigenvalue weighted by atomic mass is 9.96. The molecule has 0 bridgehead atoms. The molecule has 0 spiro atoms. The predicted octanol–water partition coefficient (Wildman–Crippen LogP) is 4.89. The number of aliphatic hydroxyl groups is 1. The average molecular weight is 295 g/mol. The summed E-state index contributed by atoms with van der Waals surface area (Å²) < 4.78 is 0. The van der Waals surface area contributed by atoms with Gasteiger partial charge < -0.3 is 5.11 Å². The maximum absolute atomic E-state index is 10.4. The van der Waals surface area contributed by atoms with Crippen LogP contribution in [0.4, 0.5) is 0 Å². The Kier molecular flexibility index (Phi) is 4.51. The minimum absolute atomic E-state index is 0.544. The van der Waals surface area contributed by atoms with Crippen molar-refractivity contribution in [2.75, 3.05) is 0 Å². The summed E-state index contributed by atoms with van der Waals surface area (Å²) in [6, 6.07) is 11.4. The fraction of sp³-hybridized carbons (Fsp3) is 0.250. The maximum atomic E-state index is 10.4. The molecule has 1 unspecified atom stereocenters. The van der Waals surface area contributed by atoms with E-state index in [9.17, 15) is 5.11 Å². The van der Waals surface area contributed by atoms with E-state index in [0.29, 0.717) is 11.4 Å². The zero-order valence-corrected chi connectivity index (χ0v) is 12.5. The first-order valence-corrected chi connectivity index (χ1v) is 6.92. The smallest absolute Gasteiger partial charge is 0.0833 e. The Morgan fingerprint density at radius 1 is 1.05 bits per heavy atom. The van der Waals surface area contributed by atoms with Gasteiger partial charge in [0.25, 0.3) is 0 Å². The van der Waals surface area contributed by atoms with E-state index in [1.165, 1.54) is 0 Å². The molecule has 0 saturated heterocycles. The average Bonchev–Trinajstić information content (AvgIpc) is 2.33. The lowest BCUT2D eigenvalue weighted by Crippen LogP contribution is -2.04. The van der Waals surface area contributed by atoms with Gasteiger partial charge in [0.05, 0.1) is 6.10 Å². The van der Waals surface area contributed by atoms with Crippen LogP contribution >= 0.6 is 23.2 Å². The Morgan fingerprint density at radius 2 is 1.79 bits per heavy atom. The molecule has 2 aromatic rings. The second kappa shape index (κ2) is 5.96. The van der Waals surface area contributed by atoms with Crippen LogP contribution in [0.1, 0.15) is 28.4 Å². The van der Waals surface area contributed by atoms with E-state index in [1.807, 2.05) is 50.2 Å². The van der Waals surface area contributed by atoms with Crippen molar-refractivity contribution >= 4 is 23.2 Å². The van der Waals surface area contributed by atoms with Crippen LogP contribution in [0.5, 0.6) is 0 Å². The van der Waals surface area contributed by atoms with Crippen LogP contribution in [0.2, 0.25) is 10.0 Å². The van der Waals surface area contributed by atoms with Crippen molar-refractivity contribution < 1.29 is 5.11 Å². The molecule has 2 aromatic carbocycles. The molecule has 0 radical (unpaired) electrons. The molecule has 3 heteroatoms. The van der Waals surface area contributed by atoms with Crippen molar-refractivity contribution in [1.29, 1.82) is 0 Å². The number of hydrogen-bond acceptors (Lipinski definition) is 1. The first-order valence-electron chi connectivity index (χ1n) is 6.16. The van der Waals surface area contributed by atoms with Gasteiger partial charge in [0.15, 0.2) is 0 Å². The number of hydrogen-bond donors (Lipinski definition) is 1. The van der Waals surface area contributed by atoms with Gasteiger partial charge >= 0.3 is 0 Å². The first-order chi connectivity index (χ1) is 8.97. The topological polar surface area (TPSA) is 20.2 Å². The molecule has 1 N–H and O–H groups in total. The standard InChI is InChI=1S/C16H16Cl2O/c1-10-7-15(18)11(2)6-14(10)16(19)9-12-4-3-5-13(17)8-12/h3-8,16,19H,9H2,1-2H3. The van der Waals surface area contributed by atoms with Gasteiger partial charge in [-0.3, -0.25) is 0 Å². The predicted molar refractivity (Wildman–Crippen MR) is 81.0 cm³/mol.